The number of nitrogens with zero attached hydrogens (tertiary/aromatic N) is 2. The van der Waals surface area contributed by atoms with Crippen LogP contribution in [0.1, 0.15) is 19.8 Å². The molecule has 1 aromatic heterocycles. The quantitative estimate of drug-likeness (QED) is 0.677. The summed E-state index contributed by atoms with van der Waals surface area (Å²) in [4.78, 5) is -0.0314. The van der Waals surface area contributed by atoms with E-state index in [1.54, 1.807) is 0 Å². The summed E-state index contributed by atoms with van der Waals surface area (Å²) in [6, 6.07) is 0. The summed E-state index contributed by atoms with van der Waals surface area (Å²) in [5, 5.41) is 15.9. The second-order valence-electron chi connectivity index (χ2n) is 4.40. The lowest BCUT2D eigenvalue weighted by Gasteiger charge is -2.45. The number of sulfonamides is 1. The molecular formula is C9H16N4O3S. The summed E-state index contributed by atoms with van der Waals surface area (Å²) < 4.78 is 25.3. The zero-order valence-electron chi connectivity index (χ0n) is 9.55. The van der Waals surface area contributed by atoms with E-state index < -0.39 is 15.6 Å². The molecule has 1 fully saturated rings. The molecule has 0 amide bonds. The van der Waals surface area contributed by atoms with Gasteiger partial charge in [-0.2, -0.15) is 9.40 Å². The van der Waals surface area contributed by atoms with Crippen LogP contribution in [0.4, 0.5) is 5.82 Å². The summed E-state index contributed by atoms with van der Waals surface area (Å²) in [5.41, 5.74) is 4.59. The van der Waals surface area contributed by atoms with E-state index in [-0.39, 0.29) is 23.8 Å². The topological polar surface area (TPSA) is 112 Å². The van der Waals surface area contributed by atoms with Gasteiger partial charge in [0.2, 0.25) is 10.0 Å². The van der Waals surface area contributed by atoms with Crippen molar-refractivity contribution in [2.75, 3.05) is 18.8 Å². The first-order valence-corrected chi connectivity index (χ1v) is 6.84. The van der Waals surface area contributed by atoms with Crippen LogP contribution in [0.15, 0.2) is 11.1 Å². The molecule has 0 radical (unpaired) electrons. The average Bonchev–Trinajstić information content (AvgIpc) is 2.61. The Balaban J connectivity index is 2.14. The number of nitrogen functional groups attached to an aromatic ring is 1. The van der Waals surface area contributed by atoms with Crippen molar-refractivity contribution in [2.24, 2.45) is 0 Å². The molecule has 2 heterocycles. The van der Waals surface area contributed by atoms with Crippen LogP contribution in [0.2, 0.25) is 0 Å². The van der Waals surface area contributed by atoms with Crippen LogP contribution in [0.5, 0.6) is 0 Å². The van der Waals surface area contributed by atoms with Crippen LogP contribution in [-0.4, -0.2) is 46.7 Å². The third kappa shape index (κ3) is 2.03. The molecule has 4 N–H and O–H groups in total. The van der Waals surface area contributed by atoms with Gasteiger partial charge in [-0.1, -0.05) is 13.3 Å². The number of anilines is 1. The highest BCUT2D eigenvalue weighted by Gasteiger charge is 2.47. The lowest BCUT2D eigenvalue weighted by atomic mass is 9.92. The third-order valence-electron chi connectivity index (χ3n) is 2.91. The molecule has 0 saturated carbocycles. The summed E-state index contributed by atoms with van der Waals surface area (Å²) in [6.45, 7) is 2.19. The molecule has 0 aromatic carbocycles. The highest BCUT2D eigenvalue weighted by Crippen LogP contribution is 2.32. The Hall–Kier alpha value is -1.12. The predicted molar refractivity (Wildman–Crippen MR) is 61.6 cm³/mol. The summed E-state index contributed by atoms with van der Waals surface area (Å²) in [7, 11) is -3.62. The van der Waals surface area contributed by atoms with Gasteiger partial charge >= 0.3 is 0 Å². The number of aromatic amines is 1. The molecule has 1 aliphatic rings. The van der Waals surface area contributed by atoms with Crippen LogP contribution in [0.25, 0.3) is 0 Å². The number of hydrogen-bond acceptors (Lipinski definition) is 5. The zero-order valence-corrected chi connectivity index (χ0v) is 10.4. The van der Waals surface area contributed by atoms with Crippen molar-refractivity contribution in [2.45, 2.75) is 30.3 Å². The third-order valence-corrected chi connectivity index (χ3v) is 4.73. The fourth-order valence-electron chi connectivity index (χ4n) is 2.03. The zero-order chi connectivity index (χ0) is 12.7. The number of aromatic nitrogens is 2. The molecule has 7 nitrogen and oxygen atoms in total. The Bertz CT molecular complexity index is 504. The Morgan fingerprint density at radius 2 is 2.29 bits per heavy atom. The molecule has 0 spiro atoms. The molecule has 17 heavy (non-hydrogen) atoms. The maximum absolute atomic E-state index is 12.1. The molecule has 0 aliphatic carbocycles. The van der Waals surface area contributed by atoms with E-state index in [0.717, 1.165) is 6.42 Å². The van der Waals surface area contributed by atoms with Gasteiger partial charge in [0.25, 0.3) is 0 Å². The van der Waals surface area contributed by atoms with Gasteiger partial charge in [0.15, 0.2) is 0 Å². The SMILES string of the molecule is CCCC1(O)CN(S(=O)(=O)c2cn[nH]c2N)C1. The predicted octanol–water partition coefficient (Wildman–Crippen LogP) is -0.473. The largest absolute Gasteiger partial charge is 0.387 e. The minimum Gasteiger partial charge on any atom is -0.387 e. The lowest BCUT2D eigenvalue weighted by Crippen LogP contribution is -2.63. The van der Waals surface area contributed by atoms with E-state index in [4.69, 9.17) is 5.73 Å². The molecule has 1 aliphatic heterocycles. The Morgan fingerprint density at radius 1 is 1.65 bits per heavy atom. The van der Waals surface area contributed by atoms with Crippen LogP contribution < -0.4 is 5.73 Å². The monoisotopic (exact) mass is 260 g/mol. The van der Waals surface area contributed by atoms with Crippen molar-refractivity contribution >= 4 is 15.8 Å². The minimum atomic E-state index is -3.62. The summed E-state index contributed by atoms with van der Waals surface area (Å²) >= 11 is 0. The molecule has 2 rings (SSSR count). The maximum Gasteiger partial charge on any atom is 0.248 e. The van der Waals surface area contributed by atoms with Gasteiger partial charge in [0.1, 0.15) is 10.7 Å². The number of H-pyrrole nitrogens is 1. The first-order valence-electron chi connectivity index (χ1n) is 5.40. The molecule has 96 valence electrons. The van der Waals surface area contributed by atoms with Crippen LogP contribution >= 0.6 is 0 Å². The van der Waals surface area contributed by atoms with Crippen molar-refractivity contribution in [3.8, 4) is 0 Å². The first kappa shape index (κ1) is 12.3. The fraction of sp³-hybridized carbons (Fsp3) is 0.667. The van der Waals surface area contributed by atoms with Crippen molar-refractivity contribution in [1.82, 2.24) is 14.5 Å². The van der Waals surface area contributed by atoms with Crippen LogP contribution in [0, 0.1) is 0 Å². The highest BCUT2D eigenvalue weighted by atomic mass is 32.2. The van der Waals surface area contributed by atoms with E-state index in [9.17, 15) is 13.5 Å². The molecule has 1 saturated heterocycles. The van der Waals surface area contributed by atoms with Crippen LogP contribution in [-0.2, 0) is 10.0 Å². The van der Waals surface area contributed by atoms with Crippen molar-refractivity contribution in [3.63, 3.8) is 0 Å². The number of hydrogen-bond donors (Lipinski definition) is 3. The van der Waals surface area contributed by atoms with Crippen molar-refractivity contribution in [1.29, 1.82) is 0 Å². The second kappa shape index (κ2) is 3.97. The van der Waals surface area contributed by atoms with Gasteiger partial charge in [0.05, 0.1) is 11.8 Å². The second-order valence-corrected chi connectivity index (χ2v) is 6.30. The number of rotatable bonds is 4. The van der Waals surface area contributed by atoms with Gasteiger partial charge in [-0.15, -0.1) is 0 Å². The Morgan fingerprint density at radius 3 is 2.76 bits per heavy atom. The lowest BCUT2D eigenvalue weighted by molar-refractivity contribution is -0.0653. The fourth-order valence-corrected chi connectivity index (χ4v) is 3.64. The molecule has 0 atom stereocenters. The van der Waals surface area contributed by atoms with Crippen molar-refractivity contribution < 1.29 is 13.5 Å². The van der Waals surface area contributed by atoms with E-state index >= 15 is 0 Å². The Kier molecular flexibility index (Phi) is 2.88. The van der Waals surface area contributed by atoms with Crippen molar-refractivity contribution in [3.05, 3.63) is 6.20 Å². The number of β-amino-alcohol motifs (C(OH)–C–C–N with tert-alkyl or cyclic N) is 1. The number of nitrogens with one attached hydrogen (secondary N) is 1. The molecule has 0 bridgehead atoms. The van der Waals surface area contributed by atoms with E-state index in [1.165, 1.54) is 10.5 Å². The van der Waals surface area contributed by atoms with Gasteiger partial charge in [-0.05, 0) is 6.42 Å². The van der Waals surface area contributed by atoms with E-state index in [1.807, 2.05) is 6.92 Å². The van der Waals surface area contributed by atoms with Gasteiger partial charge in [-0.3, -0.25) is 5.10 Å². The molecule has 0 unspecified atom stereocenters. The number of nitrogens with two attached hydrogens (primary N) is 1. The van der Waals surface area contributed by atoms with E-state index in [2.05, 4.69) is 10.2 Å². The summed E-state index contributed by atoms with van der Waals surface area (Å²) in [5.74, 6) is 0.0240. The maximum atomic E-state index is 12.1. The number of aliphatic hydroxyl groups is 1. The molecule has 1 aromatic rings. The van der Waals surface area contributed by atoms with E-state index in [0.29, 0.717) is 6.42 Å². The first-order chi connectivity index (χ1) is 7.89. The standard InChI is InChI=1S/C9H16N4O3S/c1-2-3-9(14)5-13(6-9)17(15,16)7-4-11-12-8(7)10/h4,14H,2-3,5-6H2,1H3,(H3,10,11,12). The molecular weight excluding hydrogens is 244 g/mol. The van der Waals surface area contributed by atoms with Gasteiger partial charge in [0, 0.05) is 13.1 Å². The highest BCUT2D eigenvalue weighted by molar-refractivity contribution is 7.89. The average molecular weight is 260 g/mol. The van der Waals surface area contributed by atoms with Crippen LogP contribution in [0.3, 0.4) is 0 Å². The van der Waals surface area contributed by atoms with Gasteiger partial charge in [-0.25, -0.2) is 8.42 Å². The summed E-state index contributed by atoms with van der Waals surface area (Å²) in [6.07, 6.45) is 2.60. The molecule has 8 heteroatoms. The Labute approximate surface area is 99.7 Å². The van der Waals surface area contributed by atoms with Gasteiger partial charge < -0.3 is 10.8 Å². The smallest absolute Gasteiger partial charge is 0.248 e. The minimum absolute atomic E-state index is 0.0240. The normalized spacial score (nSPS) is 20.1.